The van der Waals surface area contributed by atoms with Gasteiger partial charge >= 0.3 is 5.97 Å². The third kappa shape index (κ3) is 49.3. The summed E-state index contributed by atoms with van der Waals surface area (Å²) in [5, 5.41) is 23.9. The van der Waals surface area contributed by atoms with Crippen LogP contribution in [0.2, 0.25) is 0 Å². The summed E-state index contributed by atoms with van der Waals surface area (Å²) in [7, 11) is 0. The zero-order chi connectivity index (χ0) is 48.8. The third-order valence-electron chi connectivity index (χ3n) is 12.6. The van der Waals surface area contributed by atoms with E-state index < -0.39 is 18.2 Å². The fraction of sp³-hybridized carbons (Fsp3) is 0.738. The number of esters is 1. The molecule has 0 saturated carbocycles. The van der Waals surface area contributed by atoms with Crippen molar-refractivity contribution in [2.45, 2.75) is 283 Å². The number of hydrogen-bond acceptors (Lipinski definition) is 5. The highest BCUT2D eigenvalue weighted by Crippen LogP contribution is 2.18. The quantitative estimate of drug-likeness (QED) is 0.0244. The highest BCUT2D eigenvalue weighted by molar-refractivity contribution is 5.77. The molecule has 6 heteroatoms. The molecule has 0 saturated heterocycles. The second-order valence-electron chi connectivity index (χ2n) is 19.0. The Bertz CT molecular complexity index is 1280. The lowest BCUT2D eigenvalue weighted by Gasteiger charge is -2.24. The monoisotopic (exact) mass is 934 g/mol. The van der Waals surface area contributed by atoms with Gasteiger partial charge in [0.2, 0.25) is 5.91 Å². The number of nitrogens with one attached hydrogen (secondary N) is 1. The Balaban J connectivity index is 4.59. The standard InChI is InChI=1S/C61H107NO5/c1-4-7-10-13-16-19-22-25-27-29-30-31-33-36-39-42-45-48-51-54-61(66)67-57(52-49-46-43-40-37-34-24-21-18-15-12-9-6-3)55-60(65)62-58(56-63)59(64)53-50-47-44-41-38-35-32-28-26-23-20-17-14-11-8-5-2/h9,12,15-16,18-19,21,24-25,27,30-31,34,37,57-59,63-64H,4-8,10-11,13-14,17,20,22-23,26,28-29,32-33,35-36,38-56H2,1-3H3,(H,62,65)/b12-9+,18-15+,19-16-,24-21+,27-25-,31-30-,37-34-. The van der Waals surface area contributed by atoms with E-state index in [0.717, 1.165) is 89.9 Å². The van der Waals surface area contributed by atoms with E-state index in [1.54, 1.807) is 0 Å². The summed E-state index contributed by atoms with van der Waals surface area (Å²) in [4.78, 5) is 26.2. The van der Waals surface area contributed by atoms with Crippen LogP contribution in [0.5, 0.6) is 0 Å². The molecule has 0 bridgehead atoms. The van der Waals surface area contributed by atoms with Crippen LogP contribution >= 0.6 is 0 Å². The molecule has 0 aromatic carbocycles. The number of carbonyl (C=O) groups excluding carboxylic acids is 2. The van der Waals surface area contributed by atoms with Crippen LogP contribution in [0.4, 0.5) is 0 Å². The first kappa shape index (κ1) is 64.0. The Hall–Kier alpha value is -2.96. The van der Waals surface area contributed by atoms with Crippen molar-refractivity contribution in [1.29, 1.82) is 0 Å². The maximum absolute atomic E-state index is 13.2. The average Bonchev–Trinajstić information content (AvgIpc) is 3.32. The average molecular weight is 935 g/mol. The van der Waals surface area contributed by atoms with E-state index in [9.17, 15) is 19.8 Å². The summed E-state index contributed by atoms with van der Waals surface area (Å²) < 4.78 is 5.93. The van der Waals surface area contributed by atoms with E-state index in [1.165, 1.54) is 128 Å². The largest absolute Gasteiger partial charge is 0.462 e. The molecule has 386 valence electrons. The van der Waals surface area contributed by atoms with Crippen molar-refractivity contribution in [3.63, 3.8) is 0 Å². The van der Waals surface area contributed by atoms with Gasteiger partial charge in [-0.15, -0.1) is 0 Å². The zero-order valence-corrected chi connectivity index (χ0v) is 44.0. The molecule has 67 heavy (non-hydrogen) atoms. The van der Waals surface area contributed by atoms with Crippen LogP contribution in [0.1, 0.15) is 265 Å². The predicted octanol–water partition coefficient (Wildman–Crippen LogP) is 17.5. The first-order valence-electron chi connectivity index (χ1n) is 28.4. The first-order chi connectivity index (χ1) is 33.0. The maximum atomic E-state index is 13.2. The highest BCUT2D eigenvalue weighted by Gasteiger charge is 2.24. The molecule has 0 spiro atoms. The topological polar surface area (TPSA) is 95.9 Å². The van der Waals surface area contributed by atoms with Crippen LogP contribution < -0.4 is 5.32 Å². The molecule has 0 aliphatic heterocycles. The molecule has 6 nitrogen and oxygen atoms in total. The molecular weight excluding hydrogens is 827 g/mol. The van der Waals surface area contributed by atoms with E-state index in [1.807, 2.05) is 24.3 Å². The number of amides is 1. The van der Waals surface area contributed by atoms with Gasteiger partial charge in [-0.2, -0.15) is 0 Å². The summed E-state index contributed by atoms with van der Waals surface area (Å²) in [6.07, 6.45) is 70.7. The number of allylic oxidation sites excluding steroid dienone is 14. The molecule has 0 aromatic rings. The number of aliphatic hydroxyl groups excluding tert-OH is 2. The lowest BCUT2D eigenvalue weighted by Crippen LogP contribution is -2.46. The molecule has 0 rings (SSSR count). The lowest BCUT2D eigenvalue weighted by molar-refractivity contribution is -0.151. The normalized spacial score (nSPS) is 13.8. The number of carbonyl (C=O) groups is 2. The van der Waals surface area contributed by atoms with Gasteiger partial charge in [-0.25, -0.2) is 0 Å². The van der Waals surface area contributed by atoms with Crippen molar-refractivity contribution in [2.75, 3.05) is 6.61 Å². The summed E-state index contributed by atoms with van der Waals surface area (Å²) in [6, 6.07) is -0.722. The molecule has 0 aromatic heterocycles. The second kappa shape index (κ2) is 54.0. The van der Waals surface area contributed by atoms with Crippen LogP contribution in [-0.2, 0) is 14.3 Å². The third-order valence-corrected chi connectivity index (χ3v) is 12.6. The van der Waals surface area contributed by atoms with Crippen LogP contribution in [0.3, 0.4) is 0 Å². The van der Waals surface area contributed by atoms with Crippen molar-refractivity contribution < 1.29 is 24.5 Å². The molecule has 3 N–H and O–H groups in total. The molecular formula is C61H107NO5. The molecule has 0 fully saturated rings. The molecule has 0 aliphatic carbocycles. The van der Waals surface area contributed by atoms with Gasteiger partial charge in [-0.3, -0.25) is 9.59 Å². The predicted molar refractivity (Wildman–Crippen MR) is 291 cm³/mol. The minimum atomic E-state index is -0.806. The van der Waals surface area contributed by atoms with Gasteiger partial charge in [0, 0.05) is 6.42 Å². The van der Waals surface area contributed by atoms with E-state index >= 15 is 0 Å². The fourth-order valence-electron chi connectivity index (χ4n) is 8.27. The zero-order valence-electron chi connectivity index (χ0n) is 44.0. The highest BCUT2D eigenvalue weighted by atomic mass is 16.5. The number of unbranched alkanes of at least 4 members (excludes halogenated alkanes) is 27. The maximum Gasteiger partial charge on any atom is 0.306 e. The van der Waals surface area contributed by atoms with Crippen LogP contribution in [-0.4, -0.2) is 46.9 Å². The van der Waals surface area contributed by atoms with Gasteiger partial charge in [-0.1, -0.05) is 254 Å². The van der Waals surface area contributed by atoms with Crippen molar-refractivity contribution in [2.24, 2.45) is 0 Å². The van der Waals surface area contributed by atoms with E-state index in [2.05, 4.69) is 86.8 Å². The smallest absolute Gasteiger partial charge is 0.306 e. The Morgan fingerprint density at radius 3 is 1.40 bits per heavy atom. The van der Waals surface area contributed by atoms with Gasteiger partial charge in [0.25, 0.3) is 0 Å². The lowest BCUT2D eigenvalue weighted by atomic mass is 10.0. The molecule has 0 heterocycles. The second-order valence-corrected chi connectivity index (χ2v) is 19.0. The summed E-state index contributed by atoms with van der Waals surface area (Å²) >= 11 is 0. The van der Waals surface area contributed by atoms with Crippen LogP contribution in [0, 0.1) is 0 Å². The van der Waals surface area contributed by atoms with Crippen molar-refractivity contribution in [1.82, 2.24) is 5.32 Å². The summed E-state index contributed by atoms with van der Waals surface area (Å²) in [5.74, 6) is -0.528. The van der Waals surface area contributed by atoms with E-state index in [4.69, 9.17) is 4.74 Å². The summed E-state index contributed by atoms with van der Waals surface area (Å²) in [6.45, 7) is 6.32. The Morgan fingerprint density at radius 1 is 0.463 bits per heavy atom. The Kier molecular flexibility index (Phi) is 51.6. The van der Waals surface area contributed by atoms with Gasteiger partial charge < -0.3 is 20.3 Å². The van der Waals surface area contributed by atoms with Gasteiger partial charge in [0.05, 0.1) is 25.2 Å². The van der Waals surface area contributed by atoms with Crippen molar-refractivity contribution >= 4 is 11.9 Å². The molecule has 0 aliphatic rings. The molecule has 3 unspecified atom stereocenters. The van der Waals surface area contributed by atoms with Crippen molar-refractivity contribution in [3.05, 3.63) is 85.1 Å². The first-order valence-corrected chi connectivity index (χ1v) is 28.4. The Labute approximate surface area is 414 Å². The minimum absolute atomic E-state index is 0.0426. The molecule has 3 atom stereocenters. The van der Waals surface area contributed by atoms with Gasteiger partial charge in [0.1, 0.15) is 6.10 Å². The van der Waals surface area contributed by atoms with Crippen LogP contribution in [0.15, 0.2) is 85.1 Å². The number of ether oxygens (including phenoxy) is 1. The molecule has 0 radical (unpaired) electrons. The van der Waals surface area contributed by atoms with Crippen molar-refractivity contribution in [3.8, 4) is 0 Å². The fourth-order valence-corrected chi connectivity index (χ4v) is 8.27. The number of aliphatic hydroxyl groups is 2. The Morgan fingerprint density at radius 2 is 0.866 bits per heavy atom. The SMILES string of the molecule is CC/C=C/C=C/C=C/C=C\CCCCCC(CC(=O)NC(CO)C(O)CCCCCCCCCCCCCCCCCC)OC(=O)CCCCCCCC/C=C\C/C=C\C/C=C\CCCCC. The molecule has 1 amide bonds. The van der Waals surface area contributed by atoms with E-state index in [0.29, 0.717) is 19.3 Å². The number of hydrogen-bond donors (Lipinski definition) is 3. The van der Waals surface area contributed by atoms with Crippen LogP contribution in [0.25, 0.3) is 0 Å². The van der Waals surface area contributed by atoms with Gasteiger partial charge in [0.15, 0.2) is 0 Å². The van der Waals surface area contributed by atoms with Gasteiger partial charge in [-0.05, 0) is 83.5 Å². The van der Waals surface area contributed by atoms with E-state index in [-0.39, 0.29) is 24.9 Å². The minimum Gasteiger partial charge on any atom is -0.462 e. The number of rotatable bonds is 50. The summed E-state index contributed by atoms with van der Waals surface area (Å²) in [5.41, 5.74) is 0.